The highest BCUT2D eigenvalue weighted by Gasteiger charge is 2.35. The number of hydrogen-bond acceptors (Lipinski definition) is 3. The van der Waals surface area contributed by atoms with Gasteiger partial charge in [0.2, 0.25) is 0 Å². The van der Waals surface area contributed by atoms with Crippen LogP contribution >= 0.6 is 0 Å². The summed E-state index contributed by atoms with van der Waals surface area (Å²) in [4.78, 5) is 11.5. The Labute approximate surface area is 87.2 Å². The molecule has 0 radical (unpaired) electrons. The summed E-state index contributed by atoms with van der Waals surface area (Å²) < 4.78 is 4.78. The van der Waals surface area contributed by atoms with Crippen LogP contribution in [0.1, 0.15) is 34.1 Å². The van der Waals surface area contributed by atoms with Crippen molar-refractivity contribution in [2.45, 2.75) is 34.1 Å². The monoisotopic (exact) mass is 201 g/mol. The first-order chi connectivity index (χ1) is 6.25. The minimum Gasteiger partial charge on any atom is -0.469 e. The largest absolute Gasteiger partial charge is 0.469 e. The van der Waals surface area contributed by atoms with Crippen molar-refractivity contribution >= 4 is 5.97 Å². The zero-order valence-electron chi connectivity index (χ0n) is 10.2. The van der Waals surface area contributed by atoms with Crippen molar-refractivity contribution in [2.24, 2.45) is 10.8 Å². The fourth-order valence-corrected chi connectivity index (χ4v) is 2.09. The van der Waals surface area contributed by atoms with Gasteiger partial charge in [-0.3, -0.25) is 4.79 Å². The predicted molar refractivity (Wildman–Crippen MR) is 58.1 cm³/mol. The summed E-state index contributed by atoms with van der Waals surface area (Å²) in [7, 11) is 3.36. The summed E-state index contributed by atoms with van der Waals surface area (Å²) in [6.45, 7) is 9.04. The summed E-state index contributed by atoms with van der Waals surface area (Å²) in [6.07, 6.45) is 0.813. The first-order valence-electron chi connectivity index (χ1n) is 4.98. The van der Waals surface area contributed by atoms with E-state index in [2.05, 4.69) is 19.2 Å². The standard InChI is InChI=1S/C11H23NO2/c1-10(2,8-12-5)7-11(3,4)9(13)14-6/h12H,7-8H2,1-6H3. The summed E-state index contributed by atoms with van der Waals surface area (Å²) in [6, 6.07) is 0. The molecule has 14 heavy (non-hydrogen) atoms. The Balaban J connectivity index is 4.41. The van der Waals surface area contributed by atoms with Crippen LogP contribution < -0.4 is 5.32 Å². The topological polar surface area (TPSA) is 38.3 Å². The molecule has 0 unspecified atom stereocenters. The average Bonchev–Trinajstić information content (AvgIpc) is 2.00. The minimum atomic E-state index is -0.408. The molecule has 0 aliphatic rings. The van der Waals surface area contributed by atoms with Crippen molar-refractivity contribution in [3.63, 3.8) is 0 Å². The van der Waals surface area contributed by atoms with Gasteiger partial charge in [-0.25, -0.2) is 0 Å². The normalized spacial score (nSPS) is 12.7. The second kappa shape index (κ2) is 4.78. The maximum absolute atomic E-state index is 11.5. The lowest BCUT2D eigenvalue weighted by atomic mass is 9.75. The number of rotatable bonds is 5. The van der Waals surface area contributed by atoms with Crippen LogP contribution in [0, 0.1) is 10.8 Å². The smallest absolute Gasteiger partial charge is 0.311 e. The Morgan fingerprint density at radius 2 is 1.79 bits per heavy atom. The molecule has 0 heterocycles. The predicted octanol–water partition coefficient (Wildman–Crippen LogP) is 1.82. The molecule has 1 N–H and O–H groups in total. The average molecular weight is 201 g/mol. The Kier molecular flexibility index (Phi) is 4.59. The summed E-state index contributed by atoms with van der Waals surface area (Å²) in [5.41, 5.74) is -0.304. The molecule has 0 fully saturated rings. The van der Waals surface area contributed by atoms with E-state index in [0.717, 1.165) is 13.0 Å². The van der Waals surface area contributed by atoms with Crippen LogP contribution in [0.3, 0.4) is 0 Å². The van der Waals surface area contributed by atoms with Crippen LogP contribution in [-0.4, -0.2) is 26.7 Å². The number of carbonyl (C=O) groups excluding carboxylic acids is 1. The van der Waals surface area contributed by atoms with E-state index in [1.807, 2.05) is 20.9 Å². The minimum absolute atomic E-state index is 0.104. The van der Waals surface area contributed by atoms with E-state index < -0.39 is 5.41 Å². The van der Waals surface area contributed by atoms with Gasteiger partial charge >= 0.3 is 5.97 Å². The Morgan fingerprint density at radius 3 is 2.14 bits per heavy atom. The van der Waals surface area contributed by atoms with Crippen LogP contribution in [0.4, 0.5) is 0 Å². The fraction of sp³-hybridized carbons (Fsp3) is 0.909. The number of carbonyl (C=O) groups is 1. The molecule has 0 saturated heterocycles. The third-order valence-corrected chi connectivity index (χ3v) is 2.31. The van der Waals surface area contributed by atoms with Gasteiger partial charge in [-0.1, -0.05) is 13.8 Å². The van der Waals surface area contributed by atoms with E-state index in [-0.39, 0.29) is 11.4 Å². The van der Waals surface area contributed by atoms with Crippen molar-refractivity contribution in [1.82, 2.24) is 5.32 Å². The molecule has 0 rings (SSSR count). The van der Waals surface area contributed by atoms with E-state index >= 15 is 0 Å². The third-order valence-electron chi connectivity index (χ3n) is 2.31. The Morgan fingerprint density at radius 1 is 1.29 bits per heavy atom. The van der Waals surface area contributed by atoms with Gasteiger partial charge in [0, 0.05) is 0 Å². The number of methoxy groups -OCH3 is 1. The van der Waals surface area contributed by atoms with Crippen LogP contribution in [0.25, 0.3) is 0 Å². The molecule has 0 spiro atoms. The molecule has 3 nitrogen and oxygen atoms in total. The van der Waals surface area contributed by atoms with Crippen molar-refractivity contribution in [1.29, 1.82) is 0 Å². The molecule has 0 aromatic rings. The van der Waals surface area contributed by atoms with Gasteiger partial charge in [-0.2, -0.15) is 0 Å². The Hall–Kier alpha value is -0.570. The number of ether oxygens (including phenoxy) is 1. The summed E-state index contributed by atoms with van der Waals surface area (Å²) >= 11 is 0. The number of esters is 1. The highest BCUT2D eigenvalue weighted by atomic mass is 16.5. The molecule has 0 atom stereocenters. The SMILES string of the molecule is CNCC(C)(C)CC(C)(C)C(=O)OC. The van der Waals surface area contributed by atoms with Crippen molar-refractivity contribution in [3.05, 3.63) is 0 Å². The van der Waals surface area contributed by atoms with Crippen molar-refractivity contribution in [3.8, 4) is 0 Å². The van der Waals surface area contributed by atoms with E-state index in [4.69, 9.17) is 4.74 Å². The van der Waals surface area contributed by atoms with Gasteiger partial charge in [0.15, 0.2) is 0 Å². The Bertz CT molecular complexity index is 197. The van der Waals surface area contributed by atoms with E-state index in [9.17, 15) is 4.79 Å². The van der Waals surface area contributed by atoms with E-state index in [1.54, 1.807) is 0 Å². The second-order valence-corrected chi connectivity index (χ2v) is 5.25. The second-order valence-electron chi connectivity index (χ2n) is 5.25. The van der Waals surface area contributed by atoms with Gasteiger partial charge in [-0.05, 0) is 39.3 Å². The molecule has 0 aromatic carbocycles. The first kappa shape index (κ1) is 13.4. The van der Waals surface area contributed by atoms with Gasteiger partial charge < -0.3 is 10.1 Å². The lowest BCUT2D eigenvalue weighted by Gasteiger charge is -2.32. The molecule has 0 aliphatic heterocycles. The molecule has 0 bridgehead atoms. The van der Waals surface area contributed by atoms with Crippen molar-refractivity contribution < 1.29 is 9.53 Å². The van der Waals surface area contributed by atoms with Crippen LogP contribution in [-0.2, 0) is 9.53 Å². The van der Waals surface area contributed by atoms with Gasteiger partial charge in [0.25, 0.3) is 0 Å². The van der Waals surface area contributed by atoms with E-state index in [0.29, 0.717) is 0 Å². The first-order valence-corrected chi connectivity index (χ1v) is 4.98. The molecule has 0 aliphatic carbocycles. The lowest BCUT2D eigenvalue weighted by Crippen LogP contribution is -2.36. The zero-order chi connectivity index (χ0) is 11.4. The van der Waals surface area contributed by atoms with Crippen LogP contribution in [0.5, 0.6) is 0 Å². The number of hydrogen-bond donors (Lipinski definition) is 1. The molecular weight excluding hydrogens is 178 g/mol. The maximum atomic E-state index is 11.5. The summed E-state index contributed by atoms with van der Waals surface area (Å²) in [5, 5.41) is 3.14. The number of nitrogens with one attached hydrogen (secondary N) is 1. The summed E-state index contributed by atoms with van der Waals surface area (Å²) in [5.74, 6) is -0.137. The van der Waals surface area contributed by atoms with E-state index in [1.165, 1.54) is 7.11 Å². The van der Waals surface area contributed by atoms with Crippen LogP contribution in [0.2, 0.25) is 0 Å². The molecule has 0 amide bonds. The quantitative estimate of drug-likeness (QED) is 0.690. The highest BCUT2D eigenvalue weighted by molar-refractivity contribution is 5.75. The zero-order valence-corrected chi connectivity index (χ0v) is 10.2. The molecule has 0 aromatic heterocycles. The molecule has 0 saturated carbocycles. The highest BCUT2D eigenvalue weighted by Crippen LogP contribution is 2.33. The van der Waals surface area contributed by atoms with Gasteiger partial charge in [0.05, 0.1) is 12.5 Å². The van der Waals surface area contributed by atoms with Crippen molar-refractivity contribution in [2.75, 3.05) is 20.7 Å². The maximum Gasteiger partial charge on any atom is 0.311 e. The fourth-order valence-electron chi connectivity index (χ4n) is 2.09. The lowest BCUT2D eigenvalue weighted by molar-refractivity contribution is -0.152. The third kappa shape index (κ3) is 4.09. The molecule has 3 heteroatoms. The van der Waals surface area contributed by atoms with Gasteiger partial charge in [-0.15, -0.1) is 0 Å². The van der Waals surface area contributed by atoms with Crippen LogP contribution in [0.15, 0.2) is 0 Å². The van der Waals surface area contributed by atoms with Gasteiger partial charge in [0.1, 0.15) is 0 Å². The molecular formula is C11H23NO2. The molecule has 84 valence electrons.